The Morgan fingerprint density at radius 2 is 1.75 bits per heavy atom. The van der Waals surface area contributed by atoms with E-state index in [4.69, 9.17) is 14.9 Å². The molecule has 0 unspecified atom stereocenters. The Bertz CT molecular complexity index is 2420. The molecular formula is C32H35N13O6. The first-order valence-corrected chi connectivity index (χ1v) is 16.5. The maximum Gasteiger partial charge on any atom is 0.332 e. The quantitative estimate of drug-likeness (QED) is 0.184. The van der Waals surface area contributed by atoms with Crippen LogP contribution in [0.3, 0.4) is 0 Å². The zero-order valence-corrected chi connectivity index (χ0v) is 28.3. The first-order chi connectivity index (χ1) is 24.6. The predicted octanol–water partition coefficient (Wildman–Crippen LogP) is 1.37. The summed E-state index contributed by atoms with van der Waals surface area (Å²) >= 11 is 0. The summed E-state index contributed by atoms with van der Waals surface area (Å²) in [6.07, 6.45) is 1.68. The van der Waals surface area contributed by atoms with E-state index in [1.807, 2.05) is 13.8 Å². The van der Waals surface area contributed by atoms with Crippen LogP contribution in [-0.4, -0.2) is 72.9 Å². The number of hydrogen-bond donors (Lipinski definition) is 3. The first-order valence-electron chi connectivity index (χ1n) is 16.5. The van der Waals surface area contributed by atoms with Gasteiger partial charge in [-0.2, -0.15) is 9.97 Å². The van der Waals surface area contributed by atoms with Crippen LogP contribution in [0, 0.1) is 0 Å². The molecule has 2 atom stereocenters. The van der Waals surface area contributed by atoms with Gasteiger partial charge in [0.2, 0.25) is 23.6 Å². The molecule has 0 aliphatic carbocycles. The Kier molecular flexibility index (Phi) is 8.63. The van der Waals surface area contributed by atoms with E-state index in [2.05, 4.69) is 40.8 Å². The van der Waals surface area contributed by atoms with E-state index in [0.29, 0.717) is 65.2 Å². The number of anilines is 2. The normalized spacial score (nSPS) is 15.9. The van der Waals surface area contributed by atoms with Crippen LogP contribution < -0.4 is 27.6 Å². The van der Waals surface area contributed by atoms with Gasteiger partial charge in [-0.15, -0.1) is 10.2 Å². The van der Waals surface area contributed by atoms with E-state index < -0.39 is 29.5 Å². The third-order valence-corrected chi connectivity index (χ3v) is 8.76. The molecule has 2 amide bonds. The van der Waals surface area contributed by atoms with Gasteiger partial charge in [-0.25, -0.2) is 14.8 Å². The molecule has 6 heterocycles. The van der Waals surface area contributed by atoms with Crippen molar-refractivity contribution in [2.75, 3.05) is 17.6 Å². The number of imidazole rings is 2. The van der Waals surface area contributed by atoms with Crippen LogP contribution in [0.4, 0.5) is 11.8 Å². The third-order valence-electron chi connectivity index (χ3n) is 8.76. The summed E-state index contributed by atoms with van der Waals surface area (Å²) in [5, 5.41) is 13.7. The molecule has 6 aromatic rings. The van der Waals surface area contributed by atoms with Crippen LogP contribution in [0.2, 0.25) is 0 Å². The fraction of sp³-hybridized carbons (Fsp3) is 0.375. The molecule has 1 aliphatic heterocycles. The molecule has 51 heavy (non-hydrogen) atoms. The number of hydrogen-bond acceptors (Lipinski definition) is 13. The molecule has 5 aromatic heterocycles. The van der Waals surface area contributed by atoms with Gasteiger partial charge in [-0.3, -0.25) is 33.4 Å². The second kappa shape index (κ2) is 13.2. The van der Waals surface area contributed by atoms with E-state index in [0.717, 1.165) is 0 Å². The highest BCUT2D eigenvalue weighted by Crippen LogP contribution is 2.32. The minimum atomic E-state index is -0.585. The molecule has 1 aromatic carbocycles. The molecule has 0 bridgehead atoms. The van der Waals surface area contributed by atoms with E-state index >= 15 is 0 Å². The van der Waals surface area contributed by atoms with Crippen molar-refractivity contribution in [2.45, 2.75) is 65.5 Å². The molecule has 19 nitrogen and oxygen atoms in total. The molecule has 0 radical (unpaired) electrons. The minimum absolute atomic E-state index is 0.0258. The maximum atomic E-state index is 13.2. The van der Waals surface area contributed by atoms with Crippen LogP contribution in [-0.2, 0) is 36.1 Å². The third kappa shape index (κ3) is 5.90. The lowest BCUT2D eigenvalue weighted by molar-refractivity contribution is -0.133. The van der Waals surface area contributed by atoms with Crippen molar-refractivity contribution in [2.24, 2.45) is 7.05 Å². The number of nitrogens with two attached hydrogens (primary N) is 1. The number of aryl methyl sites for hydroxylation is 2. The molecule has 1 aliphatic rings. The Labute approximate surface area is 288 Å². The summed E-state index contributed by atoms with van der Waals surface area (Å²) in [6.45, 7) is 6.50. The summed E-state index contributed by atoms with van der Waals surface area (Å²) in [5.74, 6) is 0.328. The standard InChI is InChI=1S/C32H35N13O6/c1-5-34-28(47)18-12-13-21(50-18)45-15-35-22-24(33)37-31(38-25(22)45)39-27(46)16-8-10-17(11-9-16)29-41-40-20(51-29)14-19-36-26-23(42(19)4)30(48)44(7-3)32(49)43(26)6-2/h8-11,15,18,21H,5-7,12-14H2,1-4H3,(H,34,47)(H3,33,37,38,39,46)/t18-,21-/m1/s1. The lowest BCUT2D eigenvalue weighted by Crippen LogP contribution is -2.39. The Balaban J connectivity index is 1.06. The van der Waals surface area contributed by atoms with Gasteiger partial charge >= 0.3 is 5.69 Å². The number of benzene rings is 1. The number of likely N-dealkylation sites (N-methyl/N-ethyl adjacent to an activating group) is 1. The van der Waals surface area contributed by atoms with Gasteiger partial charge in [0.1, 0.15) is 23.7 Å². The number of carbonyl (C=O) groups is 2. The van der Waals surface area contributed by atoms with Crippen molar-refractivity contribution in [3.63, 3.8) is 0 Å². The molecule has 1 saturated heterocycles. The Morgan fingerprint density at radius 1 is 0.980 bits per heavy atom. The summed E-state index contributed by atoms with van der Waals surface area (Å²) in [6, 6.07) is 6.49. The minimum Gasteiger partial charge on any atom is -0.420 e. The zero-order chi connectivity index (χ0) is 36.0. The second-order valence-electron chi connectivity index (χ2n) is 11.9. The van der Waals surface area contributed by atoms with E-state index in [1.54, 1.807) is 47.4 Å². The monoisotopic (exact) mass is 697 g/mol. The van der Waals surface area contributed by atoms with Crippen molar-refractivity contribution in [3.8, 4) is 11.5 Å². The number of nitrogens with zero attached hydrogens (tertiary/aromatic N) is 10. The highest BCUT2D eigenvalue weighted by Gasteiger charge is 2.33. The van der Waals surface area contributed by atoms with Crippen LogP contribution >= 0.6 is 0 Å². The van der Waals surface area contributed by atoms with Crippen LogP contribution in [0.25, 0.3) is 33.8 Å². The van der Waals surface area contributed by atoms with Gasteiger partial charge < -0.3 is 24.8 Å². The van der Waals surface area contributed by atoms with Gasteiger partial charge in [0.25, 0.3) is 11.5 Å². The number of nitrogens with one attached hydrogen (secondary N) is 2. The smallest absolute Gasteiger partial charge is 0.332 e. The van der Waals surface area contributed by atoms with Crippen molar-refractivity contribution in [3.05, 3.63) is 68.7 Å². The number of carbonyl (C=O) groups excluding carboxylic acids is 2. The molecule has 19 heteroatoms. The number of fused-ring (bicyclic) bond motifs is 2. The van der Waals surface area contributed by atoms with E-state index in [1.165, 1.54) is 15.5 Å². The molecule has 0 spiro atoms. The maximum absolute atomic E-state index is 13.2. The lowest BCUT2D eigenvalue weighted by Gasteiger charge is -2.15. The average Bonchev–Trinajstić information content (AvgIpc) is 3.93. The molecule has 264 valence electrons. The number of rotatable bonds is 10. The largest absolute Gasteiger partial charge is 0.420 e. The van der Waals surface area contributed by atoms with E-state index in [-0.39, 0.29) is 42.4 Å². The van der Waals surface area contributed by atoms with Crippen LogP contribution in [0.15, 0.2) is 44.6 Å². The SMILES string of the molecule is CCNC(=O)[C@H]1CC[C@H](n2cnc3c(N)nc(NC(=O)c4ccc(-c5nnc(Cc6nc7c(c(=O)n(CC)c(=O)n7CC)n6C)o5)cc4)nc32)O1. The summed E-state index contributed by atoms with van der Waals surface area (Å²) in [7, 11) is 1.71. The topological polar surface area (TPSA) is 238 Å². The number of aromatic nitrogens is 10. The Hall–Kier alpha value is -6.24. The number of ether oxygens (including phenoxy) is 1. The molecule has 1 fully saturated rings. The molecule has 4 N–H and O–H groups in total. The lowest BCUT2D eigenvalue weighted by atomic mass is 10.1. The average molecular weight is 698 g/mol. The number of amides is 2. The second-order valence-corrected chi connectivity index (χ2v) is 11.9. The number of nitrogen functional groups attached to an aromatic ring is 1. The molecular weight excluding hydrogens is 662 g/mol. The van der Waals surface area contributed by atoms with E-state index in [9.17, 15) is 19.2 Å². The van der Waals surface area contributed by atoms with Crippen molar-refractivity contribution in [1.82, 2.24) is 53.7 Å². The van der Waals surface area contributed by atoms with Gasteiger partial charge in [0.15, 0.2) is 22.6 Å². The zero-order valence-electron chi connectivity index (χ0n) is 28.3. The molecule has 0 saturated carbocycles. The summed E-state index contributed by atoms with van der Waals surface area (Å²) < 4.78 is 17.8. The van der Waals surface area contributed by atoms with Crippen molar-refractivity contribution in [1.29, 1.82) is 0 Å². The fourth-order valence-electron chi connectivity index (χ4n) is 6.15. The van der Waals surface area contributed by atoms with Gasteiger partial charge in [-0.05, 0) is 57.9 Å². The highest BCUT2D eigenvalue weighted by molar-refractivity contribution is 6.04. The highest BCUT2D eigenvalue weighted by atomic mass is 16.5. The fourth-order valence-corrected chi connectivity index (χ4v) is 6.15. The first kappa shape index (κ1) is 33.3. The van der Waals surface area contributed by atoms with Crippen molar-refractivity contribution < 1.29 is 18.7 Å². The molecule has 7 rings (SSSR count). The van der Waals surface area contributed by atoms with Crippen LogP contribution in [0.5, 0.6) is 0 Å². The van der Waals surface area contributed by atoms with Crippen LogP contribution in [0.1, 0.15) is 61.9 Å². The van der Waals surface area contributed by atoms with Gasteiger partial charge in [-0.1, -0.05) is 0 Å². The Morgan fingerprint density at radius 3 is 2.47 bits per heavy atom. The summed E-state index contributed by atoms with van der Waals surface area (Å²) in [4.78, 5) is 68.9. The predicted molar refractivity (Wildman–Crippen MR) is 183 cm³/mol. The van der Waals surface area contributed by atoms with Gasteiger partial charge in [0, 0.05) is 37.8 Å². The van der Waals surface area contributed by atoms with Gasteiger partial charge in [0.05, 0.1) is 12.7 Å². The van der Waals surface area contributed by atoms with Crippen molar-refractivity contribution >= 4 is 45.9 Å². The summed E-state index contributed by atoms with van der Waals surface area (Å²) in [5.41, 5.74) is 7.53.